The molecule has 4 aromatic carbocycles. The van der Waals surface area contributed by atoms with Crippen molar-refractivity contribution in [2.75, 3.05) is 11.3 Å². The first kappa shape index (κ1) is 32.8. The summed E-state index contributed by atoms with van der Waals surface area (Å²) in [5.74, 6) is -1.72. The zero-order valence-corrected chi connectivity index (χ0v) is 25.7. The van der Waals surface area contributed by atoms with Gasteiger partial charge in [-0.1, -0.05) is 42.5 Å². The fraction of sp³-hybridized carbons (Fsp3) is 0.114. The van der Waals surface area contributed by atoms with E-state index in [1.807, 2.05) is 0 Å². The minimum atomic E-state index is -3.98. The molecule has 0 saturated heterocycles. The van der Waals surface area contributed by atoms with Crippen LogP contribution in [0.3, 0.4) is 0 Å². The number of halogens is 2. The van der Waals surface area contributed by atoms with Crippen molar-refractivity contribution in [2.45, 2.75) is 24.0 Å². The number of pyridine rings is 1. The Kier molecular flexibility index (Phi) is 10.5. The molecular formula is C35H30F2N4O5S. The average molecular weight is 657 g/mol. The molecule has 1 aromatic heterocycles. The Balaban J connectivity index is 1.35. The first-order valence-electron chi connectivity index (χ1n) is 14.4. The Morgan fingerprint density at radius 2 is 1.38 bits per heavy atom. The topological polar surface area (TPSA) is 118 Å². The first-order chi connectivity index (χ1) is 22.7. The van der Waals surface area contributed by atoms with E-state index in [2.05, 4.69) is 15.0 Å². The summed E-state index contributed by atoms with van der Waals surface area (Å²) in [6.07, 6.45) is 3.23. The fourth-order valence-corrected chi connectivity index (χ4v) is 5.74. The molecule has 0 aliphatic carbocycles. The van der Waals surface area contributed by atoms with Crippen LogP contribution in [0.15, 0.2) is 133 Å². The van der Waals surface area contributed by atoms with Gasteiger partial charge in [0.05, 0.1) is 4.90 Å². The Labute approximate surface area is 270 Å². The highest BCUT2D eigenvalue weighted by atomic mass is 32.2. The molecular weight excluding hydrogens is 626 g/mol. The number of hydrogen-bond donors (Lipinski definition) is 2. The lowest BCUT2D eigenvalue weighted by Crippen LogP contribution is -2.45. The minimum Gasteiger partial charge on any atom is -0.484 e. The maximum Gasteiger partial charge on any atom is 0.261 e. The molecule has 5 rings (SSSR count). The van der Waals surface area contributed by atoms with Crippen molar-refractivity contribution in [1.29, 1.82) is 0 Å². The van der Waals surface area contributed by atoms with E-state index >= 15 is 0 Å². The molecule has 5 aromatic rings. The third-order valence-electron chi connectivity index (χ3n) is 7.07. The largest absolute Gasteiger partial charge is 0.484 e. The average Bonchev–Trinajstić information content (AvgIpc) is 3.09. The van der Waals surface area contributed by atoms with Crippen LogP contribution in [0.25, 0.3) is 0 Å². The number of rotatable bonds is 13. The maximum atomic E-state index is 13.8. The van der Waals surface area contributed by atoms with Gasteiger partial charge in [0.25, 0.3) is 15.9 Å². The number of nitrogens with zero attached hydrogens (tertiary/aromatic N) is 2. The summed E-state index contributed by atoms with van der Waals surface area (Å²) in [4.78, 5) is 32.9. The van der Waals surface area contributed by atoms with E-state index in [0.29, 0.717) is 11.1 Å². The van der Waals surface area contributed by atoms with Gasteiger partial charge in [0.2, 0.25) is 5.91 Å². The van der Waals surface area contributed by atoms with Crippen LogP contribution in [-0.4, -0.2) is 36.7 Å². The van der Waals surface area contributed by atoms with Crippen LogP contribution in [0.4, 0.5) is 14.5 Å². The van der Waals surface area contributed by atoms with Crippen LogP contribution in [0, 0.1) is 11.6 Å². The number of carbonyl (C=O) groups is 2. The van der Waals surface area contributed by atoms with Gasteiger partial charge in [0, 0.05) is 31.2 Å². The Morgan fingerprint density at radius 3 is 2.02 bits per heavy atom. The van der Waals surface area contributed by atoms with Gasteiger partial charge in [-0.3, -0.25) is 19.3 Å². The number of ether oxygens (including phenoxy) is 1. The second-order valence-corrected chi connectivity index (χ2v) is 12.1. The highest BCUT2D eigenvalue weighted by Gasteiger charge is 2.32. The summed E-state index contributed by atoms with van der Waals surface area (Å²) in [5, 5.41) is 2.90. The SMILES string of the molecule is O=C(NCc1ccncc1)[C@@H](c1ccccc1)N(Cc1ccc(F)cc1)C(=O)COc1ccc(S(=O)(=O)Nc2ccc(F)cc2)cc1. The number of hydrogen-bond acceptors (Lipinski definition) is 6. The lowest BCUT2D eigenvalue weighted by molar-refractivity contribution is -0.143. The van der Waals surface area contributed by atoms with E-state index in [4.69, 9.17) is 4.74 Å². The van der Waals surface area contributed by atoms with Gasteiger partial charge < -0.3 is 15.0 Å². The molecule has 1 heterocycles. The predicted molar refractivity (Wildman–Crippen MR) is 171 cm³/mol. The molecule has 0 saturated carbocycles. The lowest BCUT2D eigenvalue weighted by atomic mass is 10.0. The highest BCUT2D eigenvalue weighted by molar-refractivity contribution is 7.92. The number of sulfonamides is 1. The highest BCUT2D eigenvalue weighted by Crippen LogP contribution is 2.25. The number of carbonyl (C=O) groups excluding carboxylic acids is 2. The molecule has 2 N–H and O–H groups in total. The zero-order valence-electron chi connectivity index (χ0n) is 24.9. The van der Waals surface area contributed by atoms with E-state index < -0.39 is 46.1 Å². The summed E-state index contributed by atoms with van der Waals surface area (Å²) in [6, 6.07) is 27.2. The van der Waals surface area contributed by atoms with Gasteiger partial charge in [-0.25, -0.2) is 17.2 Å². The minimum absolute atomic E-state index is 0.0308. The van der Waals surface area contributed by atoms with Crippen molar-refractivity contribution in [1.82, 2.24) is 15.2 Å². The maximum absolute atomic E-state index is 13.8. The van der Waals surface area contributed by atoms with Gasteiger partial charge in [-0.2, -0.15) is 0 Å². The van der Waals surface area contributed by atoms with Crippen LogP contribution in [0.2, 0.25) is 0 Å². The van der Waals surface area contributed by atoms with Gasteiger partial charge in [0.1, 0.15) is 23.4 Å². The fourth-order valence-electron chi connectivity index (χ4n) is 4.68. The molecule has 0 aliphatic heterocycles. The van der Waals surface area contributed by atoms with Crippen molar-refractivity contribution < 1.29 is 31.5 Å². The molecule has 1 atom stereocenters. The quantitative estimate of drug-likeness (QED) is 0.170. The molecule has 12 heteroatoms. The second kappa shape index (κ2) is 15.1. The van der Waals surface area contributed by atoms with Gasteiger partial charge in [-0.15, -0.1) is 0 Å². The third-order valence-corrected chi connectivity index (χ3v) is 8.47. The van der Waals surface area contributed by atoms with Gasteiger partial charge in [-0.05, 0) is 89.5 Å². The third kappa shape index (κ3) is 8.98. The second-order valence-electron chi connectivity index (χ2n) is 10.4. The molecule has 47 heavy (non-hydrogen) atoms. The zero-order chi connectivity index (χ0) is 33.2. The molecule has 2 amide bonds. The summed E-state index contributed by atoms with van der Waals surface area (Å²) < 4.78 is 60.6. The molecule has 0 radical (unpaired) electrons. The van der Waals surface area contributed by atoms with Crippen LogP contribution in [0.5, 0.6) is 5.75 Å². The molecule has 0 bridgehead atoms. The Morgan fingerprint density at radius 1 is 0.766 bits per heavy atom. The van der Waals surface area contributed by atoms with Crippen LogP contribution >= 0.6 is 0 Å². The lowest BCUT2D eigenvalue weighted by Gasteiger charge is -2.31. The molecule has 0 spiro atoms. The number of aromatic nitrogens is 1. The van der Waals surface area contributed by atoms with Crippen molar-refractivity contribution >= 4 is 27.5 Å². The standard InChI is InChI=1S/C35H30F2N4O5S/c36-28-8-6-26(7-9-28)23-41(34(27-4-2-1-3-5-27)35(43)39-22-25-18-20-38-21-19-25)33(42)24-46-31-14-16-32(17-15-31)47(44,45)40-30-12-10-29(37)11-13-30/h1-21,34,40H,22-24H2,(H,39,43)/t34-/m1/s1. The molecule has 9 nitrogen and oxygen atoms in total. The summed E-state index contributed by atoms with van der Waals surface area (Å²) >= 11 is 0. The normalized spacial score (nSPS) is 11.7. The Hall–Kier alpha value is -5.62. The summed E-state index contributed by atoms with van der Waals surface area (Å²) in [5.41, 5.74) is 2.15. The number of anilines is 1. The van der Waals surface area contributed by atoms with Crippen LogP contribution in [-0.2, 0) is 32.7 Å². The van der Waals surface area contributed by atoms with Gasteiger partial charge >= 0.3 is 0 Å². The monoisotopic (exact) mass is 656 g/mol. The number of nitrogens with one attached hydrogen (secondary N) is 2. The van der Waals surface area contributed by atoms with E-state index in [1.165, 1.54) is 65.6 Å². The van der Waals surface area contributed by atoms with Crippen molar-refractivity contribution in [3.63, 3.8) is 0 Å². The van der Waals surface area contributed by atoms with Crippen molar-refractivity contribution in [3.05, 3.63) is 156 Å². The van der Waals surface area contributed by atoms with E-state index in [0.717, 1.165) is 17.7 Å². The summed E-state index contributed by atoms with van der Waals surface area (Å²) in [7, 11) is -3.98. The van der Waals surface area contributed by atoms with Crippen LogP contribution in [0.1, 0.15) is 22.7 Å². The smallest absolute Gasteiger partial charge is 0.261 e. The number of benzene rings is 4. The Bertz CT molecular complexity index is 1890. The van der Waals surface area contributed by atoms with Crippen molar-refractivity contribution in [3.8, 4) is 5.75 Å². The molecule has 0 aliphatic rings. The molecule has 240 valence electrons. The predicted octanol–water partition coefficient (Wildman–Crippen LogP) is 5.63. The van der Waals surface area contributed by atoms with E-state index in [-0.39, 0.29) is 29.4 Å². The molecule has 0 fully saturated rings. The van der Waals surface area contributed by atoms with Crippen molar-refractivity contribution in [2.24, 2.45) is 0 Å². The first-order valence-corrected chi connectivity index (χ1v) is 15.9. The number of amides is 2. The van der Waals surface area contributed by atoms with E-state index in [1.54, 1.807) is 54.9 Å². The van der Waals surface area contributed by atoms with Crippen LogP contribution < -0.4 is 14.8 Å². The molecule has 0 unspecified atom stereocenters. The van der Waals surface area contributed by atoms with E-state index in [9.17, 15) is 26.8 Å². The summed E-state index contributed by atoms with van der Waals surface area (Å²) in [6.45, 7) is -0.315. The van der Waals surface area contributed by atoms with Gasteiger partial charge in [0.15, 0.2) is 6.61 Å².